The molecule has 1 N–H and O–H groups in total. The lowest BCUT2D eigenvalue weighted by Gasteiger charge is -2.20. The van der Waals surface area contributed by atoms with Crippen molar-refractivity contribution < 1.29 is 18.4 Å². The highest BCUT2D eigenvalue weighted by atomic mass is 35.5. The van der Waals surface area contributed by atoms with Crippen LogP contribution in [-0.4, -0.2) is 18.9 Å². The van der Waals surface area contributed by atoms with Crippen LogP contribution in [0.4, 0.5) is 20.2 Å². The highest BCUT2D eigenvalue weighted by Gasteiger charge is 2.19. The van der Waals surface area contributed by atoms with E-state index in [2.05, 4.69) is 5.32 Å². The molecule has 0 saturated heterocycles. The molecule has 0 aliphatic carbocycles. The van der Waals surface area contributed by atoms with Crippen LogP contribution in [0.25, 0.3) is 0 Å². The van der Waals surface area contributed by atoms with Crippen molar-refractivity contribution in [1.29, 1.82) is 0 Å². The first kappa shape index (κ1) is 19.5. The predicted molar refractivity (Wildman–Crippen MR) is 105 cm³/mol. The molecule has 3 aromatic carbocycles. The number of nitrogens with one attached hydrogen (secondary N) is 1. The summed E-state index contributed by atoms with van der Waals surface area (Å²) >= 11 is 6.24. The summed E-state index contributed by atoms with van der Waals surface area (Å²) in [6, 6.07) is 15.7. The van der Waals surface area contributed by atoms with E-state index in [0.29, 0.717) is 11.4 Å². The first-order valence-corrected chi connectivity index (χ1v) is 8.64. The van der Waals surface area contributed by atoms with E-state index in [1.807, 2.05) is 0 Å². The van der Waals surface area contributed by atoms with Gasteiger partial charge in [0.1, 0.15) is 11.6 Å². The Hall–Kier alpha value is -3.25. The molecule has 0 aliphatic rings. The number of anilines is 2. The molecule has 142 valence electrons. The number of hydrogen-bond donors (Lipinski definition) is 1. The molecule has 0 fully saturated rings. The topological polar surface area (TPSA) is 49.4 Å². The number of carbonyl (C=O) groups is 2. The van der Waals surface area contributed by atoms with E-state index < -0.39 is 23.4 Å². The molecular weight excluding hydrogens is 386 g/mol. The van der Waals surface area contributed by atoms with Crippen LogP contribution < -0.4 is 10.2 Å². The zero-order valence-electron chi connectivity index (χ0n) is 14.7. The van der Waals surface area contributed by atoms with Gasteiger partial charge < -0.3 is 10.2 Å². The monoisotopic (exact) mass is 400 g/mol. The van der Waals surface area contributed by atoms with Crippen molar-refractivity contribution in [3.05, 3.63) is 94.5 Å². The van der Waals surface area contributed by atoms with E-state index in [1.165, 1.54) is 66.5 Å². The van der Waals surface area contributed by atoms with Crippen LogP contribution in [-0.2, 0) is 0 Å². The number of rotatable bonds is 4. The Morgan fingerprint density at radius 3 is 2.04 bits per heavy atom. The summed E-state index contributed by atoms with van der Waals surface area (Å²) in [5.74, 6) is -2.47. The summed E-state index contributed by atoms with van der Waals surface area (Å²) in [6.45, 7) is 0. The molecule has 0 aliphatic heterocycles. The van der Waals surface area contributed by atoms with Crippen LogP contribution in [0.5, 0.6) is 0 Å². The molecule has 0 spiro atoms. The fraction of sp³-hybridized carbons (Fsp3) is 0.0476. The molecule has 0 aromatic heterocycles. The van der Waals surface area contributed by atoms with Crippen LogP contribution in [0.2, 0.25) is 5.02 Å². The molecule has 3 rings (SSSR count). The average Bonchev–Trinajstić information content (AvgIpc) is 2.68. The minimum Gasteiger partial charge on any atom is -0.322 e. The third-order valence-corrected chi connectivity index (χ3v) is 4.40. The van der Waals surface area contributed by atoms with Crippen molar-refractivity contribution >= 4 is 34.8 Å². The number of benzene rings is 3. The largest absolute Gasteiger partial charge is 0.322 e. The van der Waals surface area contributed by atoms with Gasteiger partial charge in [-0.3, -0.25) is 9.59 Å². The lowest BCUT2D eigenvalue weighted by Crippen LogP contribution is -2.27. The van der Waals surface area contributed by atoms with Crippen molar-refractivity contribution in [2.24, 2.45) is 0 Å². The number of nitrogens with zero attached hydrogens (tertiary/aromatic N) is 1. The van der Waals surface area contributed by atoms with E-state index in [1.54, 1.807) is 12.1 Å². The maximum absolute atomic E-state index is 13.9. The van der Waals surface area contributed by atoms with E-state index >= 15 is 0 Å². The van der Waals surface area contributed by atoms with Gasteiger partial charge in [-0.05, 0) is 42.5 Å². The van der Waals surface area contributed by atoms with Gasteiger partial charge in [-0.1, -0.05) is 35.9 Å². The molecule has 0 unspecified atom stereocenters. The van der Waals surface area contributed by atoms with E-state index in [-0.39, 0.29) is 16.1 Å². The summed E-state index contributed by atoms with van der Waals surface area (Å²) in [4.78, 5) is 25.9. The highest BCUT2D eigenvalue weighted by Crippen LogP contribution is 2.29. The fourth-order valence-corrected chi connectivity index (χ4v) is 2.93. The quantitative estimate of drug-likeness (QED) is 0.658. The van der Waals surface area contributed by atoms with Gasteiger partial charge in [0, 0.05) is 12.7 Å². The van der Waals surface area contributed by atoms with Gasteiger partial charge in [0.05, 0.1) is 21.8 Å². The van der Waals surface area contributed by atoms with Crippen molar-refractivity contribution in [3.8, 4) is 0 Å². The second-order valence-corrected chi connectivity index (χ2v) is 6.35. The zero-order chi connectivity index (χ0) is 20.3. The maximum Gasteiger partial charge on any atom is 0.261 e. The van der Waals surface area contributed by atoms with Crippen LogP contribution in [0.3, 0.4) is 0 Å². The third-order valence-electron chi connectivity index (χ3n) is 4.09. The van der Waals surface area contributed by atoms with Gasteiger partial charge in [-0.15, -0.1) is 0 Å². The Bertz CT molecular complexity index is 1060. The smallest absolute Gasteiger partial charge is 0.261 e. The Morgan fingerprint density at radius 1 is 0.893 bits per heavy atom. The lowest BCUT2D eigenvalue weighted by molar-refractivity contribution is 0.0987. The standard InChI is InChI=1S/C21H15ClF2N2O2/c1-26(21(28)15-7-3-5-9-18(15)24)19-11-10-13(12-16(19)22)25-20(27)14-6-2-4-8-17(14)23/h2-12H,1H3,(H,25,27). The summed E-state index contributed by atoms with van der Waals surface area (Å²) in [5.41, 5.74) is 0.472. The van der Waals surface area contributed by atoms with Gasteiger partial charge in [0.25, 0.3) is 11.8 Å². The third kappa shape index (κ3) is 4.02. The predicted octanol–water partition coefficient (Wildman–Crippen LogP) is 5.15. The van der Waals surface area contributed by atoms with E-state index in [9.17, 15) is 18.4 Å². The second kappa shape index (κ2) is 8.19. The number of amides is 2. The van der Waals surface area contributed by atoms with Crippen LogP contribution in [0, 0.1) is 11.6 Å². The highest BCUT2D eigenvalue weighted by molar-refractivity contribution is 6.34. The number of halogens is 3. The summed E-state index contributed by atoms with van der Waals surface area (Å²) in [7, 11) is 1.47. The Kier molecular flexibility index (Phi) is 5.70. The molecular formula is C21H15ClF2N2O2. The van der Waals surface area contributed by atoms with Gasteiger partial charge in [0.2, 0.25) is 0 Å². The molecule has 3 aromatic rings. The van der Waals surface area contributed by atoms with E-state index in [0.717, 1.165) is 0 Å². The number of carbonyl (C=O) groups excluding carboxylic acids is 2. The molecule has 0 radical (unpaired) electrons. The van der Waals surface area contributed by atoms with Gasteiger partial charge in [0.15, 0.2) is 0 Å². The summed E-state index contributed by atoms with van der Waals surface area (Å²) in [5, 5.41) is 2.71. The molecule has 0 saturated carbocycles. The molecule has 2 amide bonds. The molecule has 0 heterocycles. The molecule has 28 heavy (non-hydrogen) atoms. The van der Waals surface area contributed by atoms with Gasteiger partial charge in [-0.25, -0.2) is 8.78 Å². The maximum atomic E-state index is 13.9. The molecule has 4 nitrogen and oxygen atoms in total. The molecule has 0 atom stereocenters. The van der Waals surface area contributed by atoms with E-state index in [4.69, 9.17) is 11.6 Å². The van der Waals surface area contributed by atoms with Crippen molar-refractivity contribution in [1.82, 2.24) is 0 Å². The fourth-order valence-electron chi connectivity index (χ4n) is 2.63. The Balaban J connectivity index is 1.80. The first-order chi connectivity index (χ1) is 13.4. The SMILES string of the molecule is CN(C(=O)c1ccccc1F)c1ccc(NC(=O)c2ccccc2F)cc1Cl. The zero-order valence-corrected chi connectivity index (χ0v) is 15.5. The molecule has 7 heteroatoms. The van der Waals surface area contributed by atoms with Crippen LogP contribution >= 0.6 is 11.6 Å². The van der Waals surface area contributed by atoms with Gasteiger partial charge >= 0.3 is 0 Å². The van der Waals surface area contributed by atoms with Gasteiger partial charge in [-0.2, -0.15) is 0 Å². The Labute approximate surface area is 165 Å². The Morgan fingerprint density at radius 2 is 1.46 bits per heavy atom. The number of hydrogen-bond acceptors (Lipinski definition) is 2. The van der Waals surface area contributed by atoms with Crippen molar-refractivity contribution in [2.45, 2.75) is 0 Å². The normalized spacial score (nSPS) is 10.4. The summed E-state index contributed by atoms with van der Waals surface area (Å²) < 4.78 is 27.6. The minimum atomic E-state index is -0.641. The van der Waals surface area contributed by atoms with Crippen LogP contribution in [0.15, 0.2) is 66.7 Å². The second-order valence-electron chi connectivity index (χ2n) is 5.94. The minimum absolute atomic E-state index is 0.0852. The lowest BCUT2D eigenvalue weighted by atomic mass is 10.1. The van der Waals surface area contributed by atoms with Crippen molar-refractivity contribution in [2.75, 3.05) is 17.3 Å². The first-order valence-electron chi connectivity index (χ1n) is 8.26. The molecule has 0 bridgehead atoms. The average molecular weight is 401 g/mol. The van der Waals surface area contributed by atoms with Crippen molar-refractivity contribution in [3.63, 3.8) is 0 Å². The summed E-state index contributed by atoms with van der Waals surface area (Å²) in [6.07, 6.45) is 0. The van der Waals surface area contributed by atoms with Crippen LogP contribution in [0.1, 0.15) is 20.7 Å².